The minimum Gasteiger partial charge on any atom is -0.483 e. The van der Waals surface area contributed by atoms with Crippen molar-refractivity contribution < 1.29 is 14.3 Å². The molecule has 1 N–H and O–H groups in total. The molecule has 0 spiro atoms. The van der Waals surface area contributed by atoms with Crippen LogP contribution in [-0.4, -0.2) is 35.9 Å². The lowest BCUT2D eigenvalue weighted by molar-refractivity contribution is -0.142. The summed E-state index contributed by atoms with van der Waals surface area (Å²) in [7, 11) is 0. The van der Waals surface area contributed by atoms with Gasteiger partial charge in [0.2, 0.25) is 5.91 Å². The van der Waals surface area contributed by atoms with E-state index in [9.17, 15) is 9.59 Å². The second kappa shape index (κ2) is 12.0. The van der Waals surface area contributed by atoms with Gasteiger partial charge in [0, 0.05) is 18.5 Å². The third kappa shape index (κ3) is 6.58. The molecule has 3 aromatic carbocycles. The lowest BCUT2D eigenvalue weighted by atomic mass is 10.1. The predicted molar refractivity (Wildman–Crippen MR) is 133 cm³/mol. The number of carbonyl (C=O) groups excluding carboxylic acids is 2. The number of rotatable bonds is 11. The summed E-state index contributed by atoms with van der Waals surface area (Å²) in [5, 5.41) is 5.01. The van der Waals surface area contributed by atoms with Crippen molar-refractivity contribution in [2.75, 3.05) is 13.2 Å². The van der Waals surface area contributed by atoms with Gasteiger partial charge >= 0.3 is 0 Å². The second-order valence-electron chi connectivity index (χ2n) is 8.35. The van der Waals surface area contributed by atoms with E-state index in [0.29, 0.717) is 25.3 Å². The number of hydrogen-bond donors (Lipinski definition) is 1. The topological polar surface area (TPSA) is 58.6 Å². The van der Waals surface area contributed by atoms with Crippen molar-refractivity contribution in [1.29, 1.82) is 0 Å². The molecule has 33 heavy (non-hydrogen) atoms. The van der Waals surface area contributed by atoms with E-state index in [1.807, 2.05) is 80.6 Å². The number of nitrogens with zero attached hydrogens (tertiary/aromatic N) is 1. The number of carbonyl (C=O) groups is 2. The Morgan fingerprint density at radius 1 is 1.00 bits per heavy atom. The van der Waals surface area contributed by atoms with Gasteiger partial charge in [-0.2, -0.15) is 0 Å². The van der Waals surface area contributed by atoms with E-state index in [1.165, 1.54) is 0 Å². The Labute approximate surface area is 196 Å². The first-order valence-electron chi connectivity index (χ1n) is 11.8. The van der Waals surface area contributed by atoms with Crippen molar-refractivity contribution in [2.24, 2.45) is 0 Å². The summed E-state index contributed by atoms with van der Waals surface area (Å²) in [5.41, 5.74) is 2.11. The number of ether oxygens (including phenoxy) is 1. The zero-order valence-electron chi connectivity index (χ0n) is 19.8. The van der Waals surface area contributed by atoms with Gasteiger partial charge in [-0.25, -0.2) is 0 Å². The summed E-state index contributed by atoms with van der Waals surface area (Å²) in [6.07, 6.45) is 2.45. The van der Waals surface area contributed by atoms with Gasteiger partial charge in [-0.1, -0.05) is 86.5 Å². The Bertz CT molecular complexity index is 1070. The Balaban J connectivity index is 1.80. The molecule has 0 heterocycles. The molecule has 0 aliphatic heterocycles. The van der Waals surface area contributed by atoms with Crippen molar-refractivity contribution in [3.05, 3.63) is 77.9 Å². The zero-order valence-corrected chi connectivity index (χ0v) is 19.8. The largest absolute Gasteiger partial charge is 0.483 e. The van der Waals surface area contributed by atoms with Gasteiger partial charge in [0.05, 0.1) is 0 Å². The molecular formula is C28H34N2O3. The molecule has 2 amide bonds. The van der Waals surface area contributed by atoms with Gasteiger partial charge in [0.25, 0.3) is 5.91 Å². The Morgan fingerprint density at radius 3 is 2.52 bits per heavy atom. The molecule has 0 saturated heterocycles. The smallest absolute Gasteiger partial charge is 0.261 e. The van der Waals surface area contributed by atoms with Crippen LogP contribution < -0.4 is 10.1 Å². The predicted octanol–water partition coefficient (Wildman–Crippen LogP) is 5.25. The molecule has 0 aliphatic rings. The Hall–Kier alpha value is -3.34. The highest BCUT2D eigenvalue weighted by Crippen LogP contribution is 2.25. The summed E-state index contributed by atoms with van der Waals surface area (Å²) in [4.78, 5) is 28.0. The molecule has 0 bridgehead atoms. The Morgan fingerprint density at radius 2 is 1.76 bits per heavy atom. The minimum absolute atomic E-state index is 0.114. The number of amides is 2. The molecule has 3 aromatic rings. The molecule has 3 rings (SSSR count). The highest BCUT2D eigenvalue weighted by Gasteiger charge is 2.29. The number of unbranched alkanes of at least 4 members (excludes halogenated alkanes) is 1. The molecule has 0 aromatic heterocycles. The quantitative estimate of drug-likeness (QED) is 0.409. The third-order valence-electron chi connectivity index (χ3n) is 5.75. The van der Waals surface area contributed by atoms with Crippen LogP contribution in [0.2, 0.25) is 0 Å². The van der Waals surface area contributed by atoms with E-state index in [0.717, 1.165) is 34.7 Å². The summed E-state index contributed by atoms with van der Waals surface area (Å²) >= 11 is 0. The standard InChI is InChI=1S/C28H34N2O3/c1-4-6-17-29-28(32)25(5-2)30(19-22-12-9-11-21(3)18-22)27(31)20-33-26-16-10-14-23-13-7-8-15-24(23)26/h7-16,18,25H,4-6,17,19-20H2,1-3H3,(H,29,32). The minimum atomic E-state index is -0.550. The van der Waals surface area contributed by atoms with Crippen LogP contribution in [0.25, 0.3) is 10.8 Å². The van der Waals surface area contributed by atoms with Gasteiger partial charge < -0.3 is 15.0 Å². The van der Waals surface area contributed by atoms with Crippen LogP contribution >= 0.6 is 0 Å². The summed E-state index contributed by atoms with van der Waals surface area (Å²) in [6.45, 7) is 6.89. The van der Waals surface area contributed by atoms with E-state index >= 15 is 0 Å². The number of aryl methyl sites for hydroxylation is 1. The highest BCUT2D eigenvalue weighted by molar-refractivity contribution is 5.90. The van der Waals surface area contributed by atoms with Crippen LogP contribution in [0.15, 0.2) is 66.7 Å². The molecule has 0 radical (unpaired) electrons. The maximum atomic E-state index is 13.4. The fraction of sp³-hybridized carbons (Fsp3) is 0.357. The van der Waals surface area contributed by atoms with Crippen LogP contribution in [0.5, 0.6) is 5.75 Å². The van der Waals surface area contributed by atoms with E-state index in [1.54, 1.807) is 4.90 Å². The Kier molecular flexibility index (Phi) is 8.87. The molecule has 5 nitrogen and oxygen atoms in total. The van der Waals surface area contributed by atoms with Crippen LogP contribution in [0.1, 0.15) is 44.2 Å². The van der Waals surface area contributed by atoms with Crippen LogP contribution in [0.3, 0.4) is 0 Å². The van der Waals surface area contributed by atoms with E-state index in [4.69, 9.17) is 4.74 Å². The maximum absolute atomic E-state index is 13.4. The normalized spacial score (nSPS) is 11.7. The molecule has 0 saturated carbocycles. The number of benzene rings is 3. The fourth-order valence-electron chi connectivity index (χ4n) is 3.98. The van der Waals surface area contributed by atoms with Gasteiger partial charge in [0.15, 0.2) is 6.61 Å². The van der Waals surface area contributed by atoms with Gasteiger partial charge in [0.1, 0.15) is 11.8 Å². The average Bonchev–Trinajstić information content (AvgIpc) is 2.82. The molecule has 1 atom stereocenters. The first-order valence-corrected chi connectivity index (χ1v) is 11.8. The SMILES string of the molecule is CCCCNC(=O)C(CC)N(Cc1cccc(C)c1)C(=O)COc1cccc2ccccc12. The summed E-state index contributed by atoms with van der Waals surface area (Å²) < 4.78 is 5.97. The number of fused-ring (bicyclic) bond motifs is 1. The number of hydrogen-bond acceptors (Lipinski definition) is 3. The molecular weight excluding hydrogens is 412 g/mol. The van der Waals surface area contributed by atoms with Crippen molar-refractivity contribution >= 4 is 22.6 Å². The molecule has 0 fully saturated rings. The fourth-order valence-corrected chi connectivity index (χ4v) is 3.98. The lowest BCUT2D eigenvalue weighted by Crippen LogP contribution is -2.50. The van der Waals surface area contributed by atoms with Crippen molar-refractivity contribution in [3.8, 4) is 5.75 Å². The highest BCUT2D eigenvalue weighted by atomic mass is 16.5. The van der Waals surface area contributed by atoms with Gasteiger partial charge in [-0.15, -0.1) is 0 Å². The number of nitrogens with one attached hydrogen (secondary N) is 1. The lowest BCUT2D eigenvalue weighted by Gasteiger charge is -2.30. The third-order valence-corrected chi connectivity index (χ3v) is 5.75. The van der Waals surface area contributed by atoms with Crippen molar-refractivity contribution in [1.82, 2.24) is 10.2 Å². The van der Waals surface area contributed by atoms with Gasteiger partial charge in [-0.3, -0.25) is 9.59 Å². The van der Waals surface area contributed by atoms with E-state index in [2.05, 4.69) is 12.2 Å². The molecule has 1 unspecified atom stereocenters. The first kappa shape index (κ1) is 24.3. The van der Waals surface area contributed by atoms with E-state index in [-0.39, 0.29) is 18.4 Å². The monoisotopic (exact) mass is 446 g/mol. The summed E-state index contributed by atoms with van der Waals surface area (Å²) in [5.74, 6) is 0.344. The molecule has 5 heteroatoms. The van der Waals surface area contributed by atoms with Crippen LogP contribution in [0, 0.1) is 6.92 Å². The summed E-state index contributed by atoms with van der Waals surface area (Å²) in [6, 6.07) is 21.2. The van der Waals surface area contributed by atoms with Crippen molar-refractivity contribution in [2.45, 2.75) is 52.6 Å². The molecule has 174 valence electrons. The second-order valence-corrected chi connectivity index (χ2v) is 8.35. The van der Waals surface area contributed by atoms with Crippen LogP contribution in [0.4, 0.5) is 0 Å². The van der Waals surface area contributed by atoms with E-state index < -0.39 is 6.04 Å². The average molecular weight is 447 g/mol. The zero-order chi connectivity index (χ0) is 23.6. The molecule has 0 aliphatic carbocycles. The van der Waals surface area contributed by atoms with Crippen molar-refractivity contribution in [3.63, 3.8) is 0 Å². The van der Waals surface area contributed by atoms with Crippen LogP contribution in [-0.2, 0) is 16.1 Å². The maximum Gasteiger partial charge on any atom is 0.261 e. The van der Waals surface area contributed by atoms with Gasteiger partial charge in [-0.05, 0) is 36.8 Å². The first-order chi connectivity index (χ1) is 16.0.